The Hall–Kier alpha value is -2.12. The lowest BCUT2D eigenvalue weighted by atomic mass is 9.96. The second-order valence-corrected chi connectivity index (χ2v) is 4.57. The van der Waals surface area contributed by atoms with Gasteiger partial charge in [-0.1, -0.05) is 13.3 Å². The van der Waals surface area contributed by atoms with E-state index < -0.39 is 35.9 Å². The molecule has 0 saturated carbocycles. The minimum atomic E-state index is -1.40. The van der Waals surface area contributed by atoms with Gasteiger partial charge < -0.3 is 15.7 Å². The van der Waals surface area contributed by atoms with Crippen LogP contribution < -0.4 is 10.6 Å². The topological polar surface area (TPSA) is 116 Å². The van der Waals surface area contributed by atoms with Gasteiger partial charge in [0, 0.05) is 0 Å². The van der Waals surface area contributed by atoms with Crippen LogP contribution >= 0.6 is 0 Å². The zero-order valence-corrected chi connectivity index (χ0v) is 10.9. The number of amides is 4. The van der Waals surface area contributed by atoms with Crippen LogP contribution in [-0.4, -0.2) is 52.4 Å². The molecule has 0 aliphatic carbocycles. The van der Waals surface area contributed by atoms with Gasteiger partial charge >= 0.3 is 12.0 Å². The predicted octanol–water partition coefficient (Wildman–Crippen LogP) is -0.702. The summed E-state index contributed by atoms with van der Waals surface area (Å²) in [6, 6.07) is -0.646. The fraction of sp³-hybridized carbons (Fsp3) is 0.636. The third-order valence-electron chi connectivity index (χ3n) is 2.88. The molecule has 0 aromatic carbocycles. The van der Waals surface area contributed by atoms with Crippen molar-refractivity contribution in [1.82, 2.24) is 15.5 Å². The number of carboxylic acid groups (broad SMARTS) is 1. The van der Waals surface area contributed by atoms with Crippen LogP contribution in [0.5, 0.6) is 0 Å². The van der Waals surface area contributed by atoms with E-state index in [1.54, 1.807) is 6.92 Å². The molecule has 106 valence electrons. The maximum absolute atomic E-state index is 11.7. The minimum absolute atomic E-state index is 0.142. The first-order valence-electron chi connectivity index (χ1n) is 5.92. The number of nitrogens with one attached hydrogen (secondary N) is 2. The monoisotopic (exact) mass is 271 g/mol. The molecule has 8 heteroatoms. The number of rotatable bonds is 6. The molecule has 1 rings (SSSR count). The molecule has 0 aromatic heterocycles. The number of urea groups is 1. The first-order chi connectivity index (χ1) is 8.80. The number of carbonyl (C=O) groups is 4. The number of imide groups is 1. The summed E-state index contributed by atoms with van der Waals surface area (Å²) in [5, 5.41) is 13.7. The summed E-state index contributed by atoms with van der Waals surface area (Å²) in [4.78, 5) is 46.2. The number of carbonyl (C=O) groups excluding carboxylic acids is 3. The summed E-state index contributed by atoms with van der Waals surface area (Å²) in [5.74, 6) is -2.34. The number of hydrogen-bond donors (Lipinski definition) is 3. The van der Waals surface area contributed by atoms with Crippen molar-refractivity contribution in [2.75, 3.05) is 13.1 Å². The normalized spacial score (nSPS) is 17.9. The second-order valence-electron chi connectivity index (χ2n) is 4.57. The van der Waals surface area contributed by atoms with E-state index in [0.717, 1.165) is 4.90 Å². The first kappa shape index (κ1) is 14.9. The lowest BCUT2D eigenvalue weighted by Gasteiger charge is -2.26. The van der Waals surface area contributed by atoms with Crippen molar-refractivity contribution in [2.45, 2.75) is 32.2 Å². The number of nitrogens with zero attached hydrogens (tertiary/aromatic N) is 1. The molecule has 1 aliphatic rings. The highest BCUT2D eigenvalue weighted by molar-refractivity contribution is 6.04. The Morgan fingerprint density at radius 1 is 1.47 bits per heavy atom. The Balaban J connectivity index is 2.66. The molecule has 1 aliphatic heterocycles. The van der Waals surface area contributed by atoms with Gasteiger partial charge in [0.2, 0.25) is 5.91 Å². The Labute approximate surface area is 110 Å². The van der Waals surface area contributed by atoms with Crippen molar-refractivity contribution in [3.63, 3.8) is 0 Å². The van der Waals surface area contributed by atoms with Gasteiger partial charge in [-0.3, -0.25) is 14.5 Å². The maximum Gasteiger partial charge on any atom is 0.329 e. The van der Waals surface area contributed by atoms with Crippen molar-refractivity contribution in [1.29, 1.82) is 0 Å². The van der Waals surface area contributed by atoms with Gasteiger partial charge in [-0.2, -0.15) is 0 Å². The fourth-order valence-electron chi connectivity index (χ4n) is 1.83. The Morgan fingerprint density at radius 3 is 2.53 bits per heavy atom. The average Bonchev–Trinajstić information content (AvgIpc) is 2.60. The van der Waals surface area contributed by atoms with Crippen LogP contribution in [0.4, 0.5) is 4.79 Å². The number of hydrogen-bond acceptors (Lipinski definition) is 4. The van der Waals surface area contributed by atoms with E-state index in [9.17, 15) is 19.2 Å². The molecule has 1 heterocycles. The summed E-state index contributed by atoms with van der Waals surface area (Å²) in [7, 11) is 0. The van der Waals surface area contributed by atoms with Crippen LogP contribution in [0.25, 0.3) is 0 Å². The lowest BCUT2D eigenvalue weighted by Crippen LogP contribution is -2.55. The molecule has 0 aromatic rings. The molecule has 0 bridgehead atoms. The summed E-state index contributed by atoms with van der Waals surface area (Å²) in [6.45, 7) is 2.57. The molecule has 0 spiro atoms. The van der Waals surface area contributed by atoms with E-state index in [4.69, 9.17) is 5.11 Å². The van der Waals surface area contributed by atoms with Crippen molar-refractivity contribution in [2.24, 2.45) is 0 Å². The van der Waals surface area contributed by atoms with Crippen LogP contribution in [0.15, 0.2) is 0 Å². The highest BCUT2D eigenvalue weighted by Gasteiger charge is 2.36. The van der Waals surface area contributed by atoms with Gasteiger partial charge in [0.15, 0.2) is 0 Å². The molecule has 1 unspecified atom stereocenters. The fourth-order valence-corrected chi connectivity index (χ4v) is 1.83. The molecular weight excluding hydrogens is 254 g/mol. The van der Waals surface area contributed by atoms with Gasteiger partial charge in [0.25, 0.3) is 5.91 Å². The average molecular weight is 271 g/mol. The molecule has 1 saturated heterocycles. The van der Waals surface area contributed by atoms with Crippen molar-refractivity contribution in [3.05, 3.63) is 0 Å². The van der Waals surface area contributed by atoms with E-state index in [2.05, 4.69) is 10.6 Å². The zero-order valence-electron chi connectivity index (χ0n) is 10.9. The SMILES string of the molecule is CCCC(C)(NC(=O)CN1C(=O)CNC1=O)C(=O)O. The summed E-state index contributed by atoms with van der Waals surface area (Å²) >= 11 is 0. The Morgan fingerprint density at radius 2 is 2.11 bits per heavy atom. The lowest BCUT2D eigenvalue weighted by molar-refractivity contribution is -0.147. The first-order valence-corrected chi connectivity index (χ1v) is 5.92. The second kappa shape index (κ2) is 5.68. The van der Waals surface area contributed by atoms with Crippen LogP contribution in [-0.2, 0) is 14.4 Å². The van der Waals surface area contributed by atoms with E-state index in [-0.39, 0.29) is 13.0 Å². The van der Waals surface area contributed by atoms with Crippen LogP contribution in [0.3, 0.4) is 0 Å². The minimum Gasteiger partial charge on any atom is -0.480 e. The molecule has 19 heavy (non-hydrogen) atoms. The molecule has 0 radical (unpaired) electrons. The molecule has 4 amide bonds. The zero-order chi connectivity index (χ0) is 14.6. The number of carboxylic acids is 1. The molecule has 8 nitrogen and oxygen atoms in total. The summed E-state index contributed by atoms with van der Waals surface area (Å²) in [5.41, 5.74) is -1.40. The predicted molar refractivity (Wildman–Crippen MR) is 64.2 cm³/mol. The molecule has 3 N–H and O–H groups in total. The van der Waals surface area contributed by atoms with Crippen molar-refractivity contribution in [3.8, 4) is 0 Å². The largest absolute Gasteiger partial charge is 0.480 e. The Kier molecular flexibility index (Phi) is 4.47. The van der Waals surface area contributed by atoms with Gasteiger partial charge in [0.1, 0.15) is 12.1 Å². The Bertz CT molecular complexity index is 407. The van der Waals surface area contributed by atoms with Crippen molar-refractivity contribution < 1.29 is 24.3 Å². The van der Waals surface area contributed by atoms with E-state index >= 15 is 0 Å². The summed E-state index contributed by atoms with van der Waals surface area (Å²) < 4.78 is 0. The van der Waals surface area contributed by atoms with Gasteiger partial charge in [-0.05, 0) is 13.3 Å². The molecule has 1 fully saturated rings. The highest BCUT2D eigenvalue weighted by Crippen LogP contribution is 2.12. The quantitative estimate of drug-likeness (QED) is 0.552. The van der Waals surface area contributed by atoms with Crippen molar-refractivity contribution >= 4 is 23.8 Å². The van der Waals surface area contributed by atoms with Crippen LogP contribution in [0, 0.1) is 0 Å². The molecule has 1 atom stereocenters. The highest BCUT2D eigenvalue weighted by atomic mass is 16.4. The van der Waals surface area contributed by atoms with E-state index in [1.807, 2.05) is 0 Å². The van der Waals surface area contributed by atoms with E-state index in [1.165, 1.54) is 6.92 Å². The third-order valence-corrected chi connectivity index (χ3v) is 2.88. The van der Waals surface area contributed by atoms with Crippen LogP contribution in [0.1, 0.15) is 26.7 Å². The van der Waals surface area contributed by atoms with Gasteiger partial charge in [-0.25, -0.2) is 9.59 Å². The van der Waals surface area contributed by atoms with Gasteiger partial charge in [0.05, 0.1) is 6.54 Å². The number of aliphatic carboxylic acids is 1. The van der Waals surface area contributed by atoms with Gasteiger partial charge in [-0.15, -0.1) is 0 Å². The van der Waals surface area contributed by atoms with Crippen LogP contribution in [0.2, 0.25) is 0 Å². The smallest absolute Gasteiger partial charge is 0.329 e. The maximum atomic E-state index is 11.7. The molecular formula is C11H17N3O5. The summed E-state index contributed by atoms with van der Waals surface area (Å²) in [6.07, 6.45) is 0.834. The third kappa shape index (κ3) is 3.43. The van der Waals surface area contributed by atoms with E-state index in [0.29, 0.717) is 6.42 Å². The standard InChI is InChI=1S/C11H17N3O5/c1-3-4-11(2,9(17)18)13-7(15)6-14-8(16)5-12-10(14)19/h3-6H2,1-2H3,(H,12,19)(H,13,15)(H,17,18).